The maximum Gasteiger partial charge on any atom is 0.255 e. The van der Waals surface area contributed by atoms with Crippen molar-refractivity contribution in [2.24, 2.45) is 5.41 Å². The number of aliphatic hydroxyl groups is 1. The minimum atomic E-state index is -0.144. The zero-order valence-electron chi connectivity index (χ0n) is 15.5. The fourth-order valence-electron chi connectivity index (χ4n) is 2.79. The molecule has 0 aliphatic heterocycles. The number of allylic oxidation sites excluding steroid dienone is 2. The molecule has 0 atom stereocenters. The van der Waals surface area contributed by atoms with Crippen molar-refractivity contribution in [2.75, 3.05) is 11.9 Å². The topological polar surface area (TPSA) is 49.3 Å². The molecule has 25 heavy (non-hydrogen) atoms. The average Bonchev–Trinajstić information content (AvgIpc) is 2.55. The van der Waals surface area contributed by atoms with Gasteiger partial charge in [0.05, 0.1) is 0 Å². The van der Waals surface area contributed by atoms with Gasteiger partial charge < -0.3 is 10.4 Å². The summed E-state index contributed by atoms with van der Waals surface area (Å²) in [5, 5.41) is 12.1. The summed E-state index contributed by atoms with van der Waals surface area (Å²) in [6.07, 6.45) is 2.75. The molecule has 0 saturated heterocycles. The van der Waals surface area contributed by atoms with Crippen molar-refractivity contribution in [3.8, 4) is 0 Å². The Balaban J connectivity index is 2.15. The van der Waals surface area contributed by atoms with Crippen molar-refractivity contribution < 1.29 is 9.90 Å². The molecule has 0 aliphatic rings. The molecule has 132 valence electrons. The maximum atomic E-state index is 12.5. The number of aliphatic hydroxyl groups excluding tert-OH is 1. The number of amides is 1. The minimum absolute atomic E-state index is 0.0565. The normalized spacial score (nSPS) is 12.1. The van der Waals surface area contributed by atoms with Gasteiger partial charge in [-0.3, -0.25) is 4.79 Å². The predicted octanol–water partition coefficient (Wildman–Crippen LogP) is 4.92. The van der Waals surface area contributed by atoms with Gasteiger partial charge in [0.15, 0.2) is 0 Å². The van der Waals surface area contributed by atoms with Crippen LogP contribution in [0.3, 0.4) is 0 Å². The van der Waals surface area contributed by atoms with Gasteiger partial charge in [0, 0.05) is 17.9 Å². The number of hydrogen-bond donors (Lipinski definition) is 2. The third kappa shape index (κ3) is 5.57. The Hall–Kier alpha value is -2.39. The highest BCUT2D eigenvalue weighted by Crippen LogP contribution is 2.24. The molecule has 0 aromatic heterocycles. The van der Waals surface area contributed by atoms with Crippen LogP contribution >= 0.6 is 0 Å². The summed E-state index contributed by atoms with van der Waals surface area (Å²) in [4.78, 5) is 12.5. The molecule has 2 N–H and O–H groups in total. The number of benzene rings is 2. The highest BCUT2D eigenvalue weighted by Gasteiger charge is 2.10. The van der Waals surface area contributed by atoms with E-state index in [4.69, 9.17) is 5.11 Å². The monoisotopic (exact) mass is 337 g/mol. The van der Waals surface area contributed by atoms with E-state index in [-0.39, 0.29) is 17.9 Å². The van der Waals surface area contributed by atoms with Gasteiger partial charge in [0.1, 0.15) is 0 Å². The number of carbonyl (C=O) groups is 1. The lowest BCUT2D eigenvalue weighted by Crippen LogP contribution is -2.13. The molecule has 0 saturated carbocycles. The molecule has 2 rings (SSSR count). The van der Waals surface area contributed by atoms with E-state index in [0.29, 0.717) is 12.0 Å². The van der Waals surface area contributed by atoms with Gasteiger partial charge in [-0.05, 0) is 53.7 Å². The minimum Gasteiger partial charge on any atom is -0.396 e. The lowest BCUT2D eigenvalue weighted by molar-refractivity contribution is 0.102. The Kier molecular flexibility index (Phi) is 6.16. The summed E-state index contributed by atoms with van der Waals surface area (Å²) < 4.78 is 0. The van der Waals surface area contributed by atoms with Crippen LogP contribution < -0.4 is 5.32 Å². The number of hydrogen-bond acceptors (Lipinski definition) is 2. The van der Waals surface area contributed by atoms with Crippen molar-refractivity contribution in [1.82, 2.24) is 0 Å². The lowest BCUT2D eigenvalue weighted by atomic mass is 9.91. The maximum absolute atomic E-state index is 12.5. The standard InChI is InChI=1S/C22H27NO2/c1-16(15-22(2,3)4)17-9-11-19(12-10-17)21(25)23-20-8-6-5-7-18(20)13-14-24/h5-12,15,24H,13-14H2,1-4H3,(H,23,25)/b16-15+. The fraction of sp³-hybridized carbons (Fsp3) is 0.318. The van der Waals surface area contributed by atoms with Gasteiger partial charge in [-0.2, -0.15) is 0 Å². The first-order valence-electron chi connectivity index (χ1n) is 8.60. The van der Waals surface area contributed by atoms with E-state index < -0.39 is 0 Å². The summed E-state index contributed by atoms with van der Waals surface area (Å²) >= 11 is 0. The van der Waals surface area contributed by atoms with Crippen LogP contribution in [0, 0.1) is 5.41 Å². The van der Waals surface area contributed by atoms with Gasteiger partial charge in [0.2, 0.25) is 0 Å². The van der Waals surface area contributed by atoms with Crippen molar-refractivity contribution in [1.29, 1.82) is 0 Å². The second-order valence-electron chi connectivity index (χ2n) is 7.36. The van der Waals surface area contributed by atoms with Crippen molar-refractivity contribution in [3.05, 3.63) is 71.3 Å². The molecule has 0 bridgehead atoms. The Labute approximate surface area is 150 Å². The smallest absolute Gasteiger partial charge is 0.255 e. The van der Waals surface area contributed by atoms with Gasteiger partial charge in [0.25, 0.3) is 5.91 Å². The zero-order valence-corrected chi connectivity index (χ0v) is 15.5. The molecule has 0 aliphatic carbocycles. The first kappa shape index (κ1) is 18.9. The third-order valence-electron chi connectivity index (χ3n) is 3.90. The summed E-state index contributed by atoms with van der Waals surface area (Å²) in [7, 11) is 0. The summed E-state index contributed by atoms with van der Waals surface area (Å²) in [6.45, 7) is 8.65. The molecule has 2 aromatic carbocycles. The second-order valence-corrected chi connectivity index (χ2v) is 7.36. The Morgan fingerprint density at radius 3 is 2.24 bits per heavy atom. The van der Waals surface area contributed by atoms with E-state index >= 15 is 0 Å². The van der Waals surface area contributed by atoms with E-state index in [1.165, 1.54) is 5.57 Å². The number of rotatable bonds is 5. The quantitative estimate of drug-likeness (QED) is 0.813. The van der Waals surface area contributed by atoms with Crippen molar-refractivity contribution in [2.45, 2.75) is 34.1 Å². The molecule has 0 fully saturated rings. The Morgan fingerprint density at radius 1 is 1.04 bits per heavy atom. The van der Waals surface area contributed by atoms with E-state index in [1.54, 1.807) is 0 Å². The summed E-state index contributed by atoms with van der Waals surface area (Å²) in [6, 6.07) is 15.2. The molecule has 0 spiro atoms. The zero-order chi connectivity index (χ0) is 18.4. The number of carbonyl (C=O) groups excluding carboxylic acids is 1. The van der Waals surface area contributed by atoms with Crippen LogP contribution in [0.4, 0.5) is 5.69 Å². The first-order valence-corrected chi connectivity index (χ1v) is 8.60. The summed E-state index contributed by atoms with van der Waals surface area (Å²) in [5.41, 5.74) is 4.73. The highest BCUT2D eigenvalue weighted by atomic mass is 16.3. The van der Waals surface area contributed by atoms with E-state index in [1.807, 2.05) is 48.5 Å². The number of anilines is 1. The average molecular weight is 337 g/mol. The van der Waals surface area contributed by atoms with Crippen LogP contribution in [-0.4, -0.2) is 17.6 Å². The lowest BCUT2D eigenvalue weighted by Gasteiger charge is -2.15. The molecular formula is C22H27NO2. The number of para-hydroxylation sites is 1. The third-order valence-corrected chi connectivity index (χ3v) is 3.90. The van der Waals surface area contributed by atoms with Gasteiger partial charge in [-0.1, -0.05) is 57.2 Å². The predicted molar refractivity (Wildman–Crippen MR) is 105 cm³/mol. The van der Waals surface area contributed by atoms with Gasteiger partial charge >= 0.3 is 0 Å². The largest absolute Gasteiger partial charge is 0.396 e. The molecule has 3 heteroatoms. The van der Waals surface area contributed by atoms with E-state index in [0.717, 1.165) is 16.8 Å². The van der Waals surface area contributed by atoms with Crippen LogP contribution in [0.15, 0.2) is 54.6 Å². The second kappa shape index (κ2) is 8.13. The van der Waals surface area contributed by atoms with Crippen LogP contribution in [0.25, 0.3) is 5.57 Å². The highest BCUT2D eigenvalue weighted by molar-refractivity contribution is 6.04. The van der Waals surface area contributed by atoms with Crippen LogP contribution in [0.2, 0.25) is 0 Å². The van der Waals surface area contributed by atoms with Crippen LogP contribution in [-0.2, 0) is 6.42 Å². The van der Waals surface area contributed by atoms with Crippen LogP contribution in [0.1, 0.15) is 49.2 Å². The van der Waals surface area contributed by atoms with Crippen molar-refractivity contribution >= 4 is 17.2 Å². The van der Waals surface area contributed by atoms with Gasteiger partial charge in [-0.25, -0.2) is 0 Å². The molecule has 0 heterocycles. The van der Waals surface area contributed by atoms with Crippen LogP contribution in [0.5, 0.6) is 0 Å². The van der Waals surface area contributed by atoms with E-state index in [2.05, 4.69) is 39.1 Å². The molecule has 3 nitrogen and oxygen atoms in total. The van der Waals surface area contributed by atoms with E-state index in [9.17, 15) is 4.79 Å². The number of nitrogens with one attached hydrogen (secondary N) is 1. The first-order chi connectivity index (χ1) is 11.8. The Morgan fingerprint density at radius 2 is 1.64 bits per heavy atom. The summed E-state index contributed by atoms with van der Waals surface area (Å²) in [5.74, 6) is -0.144. The molecule has 2 aromatic rings. The SMILES string of the molecule is C/C(=C\C(C)(C)C)c1ccc(C(=O)Nc2ccccc2CCO)cc1. The molecule has 1 amide bonds. The van der Waals surface area contributed by atoms with Gasteiger partial charge in [-0.15, -0.1) is 0 Å². The molecular weight excluding hydrogens is 310 g/mol. The molecule has 0 unspecified atom stereocenters. The molecule has 0 radical (unpaired) electrons. The van der Waals surface area contributed by atoms with Crippen molar-refractivity contribution in [3.63, 3.8) is 0 Å². The Bertz CT molecular complexity index is 752. The fourth-order valence-corrected chi connectivity index (χ4v) is 2.79.